The predicted molar refractivity (Wildman–Crippen MR) is 93.4 cm³/mol. The maximum absolute atomic E-state index is 13.9. The second-order valence-corrected chi connectivity index (χ2v) is 6.52. The number of halogens is 2. The van der Waals surface area contributed by atoms with Crippen molar-refractivity contribution in [3.8, 4) is 17.2 Å². The van der Waals surface area contributed by atoms with Crippen LogP contribution >= 0.6 is 11.8 Å². The first kappa shape index (κ1) is 17.1. The predicted octanol–water partition coefficient (Wildman–Crippen LogP) is 5.05. The summed E-state index contributed by atoms with van der Waals surface area (Å²) in [7, 11) is 0. The minimum absolute atomic E-state index is 0.206. The van der Waals surface area contributed by atoms with E-state index < -0.39 is 11.0 Å². The molecule has 0 radical (unpaired) electrons. The molecule has 2 aromatic carbocycles. The van der Waals surface area contributed by atoms with Crippen LogP contribution in [0.25, 0.3) is 21.9 Å². The number of fused-ring (bicyclic) bond motifs is 1. The van der Waals surface area contributed by atoms with Crippen LogP contribution in [-0.2, 0) is 4.79 Å². The Morgan fingerprint density at radius 2 is 1.84 bits per heavy atom. The van der Waals surface area contributed by atoms with E-state index in [0.29, 0.717) is 16.7 Å². The van der Waals surface area contributed by atoms with Gasteiger partial charge in [0.2, 0.25) is 5.78 Å². The van der Waals surface area contributed by atoms with E-state index in [-0.39, 0.29) is 16.7 Å². The molecule has 0 atom stereocenters. The van der Waals surface area contributed by atoms with Crippen LogP contribution < -0.4 is 0 Å². The second-order valence-electron chi connectivity index (χ2n) is 5.36. The van der Waals surface area contributed by atoms with Gasteiger partial charge >= 0.3 is 5.25 Å². The molecule has 0 saturated heterocycles. The van der Waals surface area contributed by atoms with Crippen LogP contribution in [-0.4, -0.2) is 16.0 Å². The molecule has 0 amide bonds. The summed E-state index contributed by atoms with van der Waals surface area (Å²) in [5, 5.41) is 7.25. The highest BCUT2D eigenvalue weighted by Gasteiger charge is 2.37. The maximum Gasteiger partial charge on any atom is 0.355 e. The molecule has 0 unspecified atom stereocenters. The second kappa shape index (κ2) is 6.61. The Morgan fingerprint density at radius 1 is 1.12 bits per heavy atom. The van der Waals surface area contributed by atoms with Crippen molar-refractivity contribution in [1.29, 1.82) is 5.26 Å². The van der Waals surface area contributed by atoms with Crippen molar-refractivity contribution in [2.45, 2.75) is 17.1 Å². The Labute approximate surface area is 147 Å². The molecule has 0 aliphatic rings. The van der Waals surface area contributed by atoms with Gasteiger partial charge in [-0.15, -0.1) is 0 Å². The van der Waals surface area contributed by atoms with Crippen molar-refractivity contribution >= 4 is 28.3 Å². The molecule has 0 aliphatic carbocycles. The van der Waals surface area contributed by atoms with E-state index in [2.05, 4.69) is 11.1 Å². The summed E-state index contributed by atoms with van der Waals surface area (Å²) in [5.41, 5.74) is 1.69. The van der Waals surface area contributed by atoms with Gasteiger partial charge < -0.3 is 0 Å². The highest BCUT2D eigenvalue weighted by atomic mass is 32.2. The third-order valence-corrected chi connectivity index (χ3v) is 4.88. The van der Waals surface area contributed by atoms with Gasteiger partial charge in [0.25, 0.3) is 0 Å². The molecule has 0 N–H and O–H groups in total. The first-order chi connectivity index (χ1) is 11.9. The van der Waals surface area contributed by atoms with E-state index >= 15 is 0 Å². The lowest BCUT2D eigenvalue weighted by molar-refractivity contribution is -0.130. The number of aromatic nitrogens is 1. The Balaban J connectivity index is 2.21. The molecule has 25 heavy (non-hydrogen) atoms. The average Bonchev–Trinajstić information content (AvgIpc) is 2.61. The van der Waals surface area contributed by atoms with Crippen molar-refractivity contribution in [2.75, 3.05) is 0 Å². The lowest BCUT2D eigenvalue weighted by Crippen LogP contribution is -2.21. The van der Waals surface area contributed by atoms with Crippen LogP contribution in [0, 0.1) is 11.3 Å². The fourth-order valence-electron chi connectivity index (χ4n) is 2.51. The summed E-state index contributed by atoms with van der Waals surface area (Å²) in [4.78, 5) is 15.5. The molecule has 0 fully saturated rings. The van der Waals surface area contributed by atoms with Crippen LogP contribution in [0.15, 0.2) is 59.8 Å². The van der Waals surface area contributed by atoms with Gasteiger partial charge in [-0.2, -0.15) is 14.0 Å². The van der Waals surface area contributed by atoms with E-state index in [1.165, 1.54) is 18.5 Å². The molecular weight excluding hydrogens is 342 g/mol. The number of ketones is 1. The number of Topliss-reactive ketones (excluding diaryl/α,β-unsaturated/α-hetero) is 1. The Bertz CT molecular complexity index is 1010. The van der Waals surface area contributed by atoms with E-state index in [0.717, 1.165) is 17.7 Å². The maximum atomic E-state index is 13.9. The Hall–Kier alpha value is -2.78. The number of carbonyl (C=O) groups is 1. The zero-order valence-corrected chi connectivity index (χ0v) is 14.0. The molecule has 3 aromatic rings. The first-order valence-corrected chi connectivity index (χ1v) is 8.20. The van der Waals surface area contributed by atoms with Gasteiger partial charge in [-0.1, -0.05) is 30.3 Å². The molecule has 3 nitrogen and oxygen atoms in total. The fraction of sp³-hybridized carbons (Fsp3) is 0.105. The van der Waals surface area contributed by atoms with Crippen LogP contribution in [0.3, 0.4) is 0 Å². The van der Waals surface area contributed by atoms with Gasteiger partial charge in [-0.05, 0) is 34.8 Å². The molecule has 0 bridgehead atoms. The highest BCUT2D eigenvalue weighted by Crippen LogP contribution is 2.42. The molecule has 1 aromatic heterocycles. The average molecular weight is 354 g/mol. The van der Waals surface area contributed by atoms with E-state index in [9.17, 15) is 18.8 Å². The summed E-state index contributed by atoms with van der Waals surface area (Å²) in [5.74, 6) is -1.20. The quantitative estimate of drug-likeness (QED) is 0.616. The van der Waals surface area contributed by atoms with Gasteiger partial charge in [0.15, 0.2) is 0 Å². The van der Waals surface area contributed by atoms with Gasteiger partial charge in [0, 0.05) is 35.2 Å². The molecule has 124 valence electrons. The molecule has 0 saturated carbocycles. The molecule has 6 heteroatoms. The van der Waals surface area contributed by atoms with Gasteiger partial charge in [0.1, 0.15) is 0 Å². The van der Waals surface area contributed by atoms with Gasteiger partial charge in [-0.25, -0.2) is 0 Å². The third-order valence-electron chi connectivity index (χ3n) is 3.76. The normalized spacial score (nSPS) is 11.3. The number of pyridine rings is 1. The summed E-state index contributed by atoms with van der Waals surface area (Å²) in [6, 6.07) is 14.2. The zero-order valence-electron chi connectivity index (χ0n) is 13.2. The zero-order chi connectivity index (χ0) is 18.0. The Kier molecular flexibility index (Phi) is 4.51. The van der Waals surface area contributed by atoms with Crippen molar-refractivity contribution in [1.82, 2.24) is 4.98 Å². The van der Waals surface area contributed by atoms with Gasteiger partial charge in [-0.3, -0.25) is 9.78 Å². The number of hydrogen-bond acceptors (Lipinski definition) is 4. The molecule has 0 spiro atoms. The van der Waals surface area contributed by atoms with Crippen LogP contribution in [0.5, 0.6) is 0 Å². The Morgan fingerprint density at radius 3 is 2.52 bits per heavy atom. The topological polar surface area (TPSA) is 53.8 Å². The van der Waals surface area contributed by atoms with Crippen LogP contribution in [0.2, 0.25) is 0 Å². The van der Waals surface area contributed by atoms with Crippen molar-refractivity contribution < 1.29 is 13.6 Å². The lowest BCUT2D eigenvalue weighted by atomic mass is 9.96. The first-order valence-electron chi connectivity index (χ1n) is 7.38. The molecule has 0 aliphatic heterocycles. The fourth-order valence-corrected chi connectivity index (χ4v) is 3.34. The SMILES string of the molecule is CC(=O)C(F)(F)Sc1ccncc1-c1ccc(C#N)c2ccccc12. The van der Waals surface area contributed by atoms with E-state index in [1.54, 1.807) is 12.1 Å². The number of carbonyl (C=O) groups excluding carboxylic acids is 1. The summed E-state index contributed by atoms with van der Waals surface area (Å²) >= 11 is 0.206. The van der Waals surface area contributed by atoms with E-state index in [4.69, 9.17) is 0 Å². The van der Waals surface area contributed by atoms with Crippen LogP contribution in [0.4, 0.5) is 8.78 Å². The van der Waals surface area contributed by atoms with Crippen LogP contribution in [0.1, 0.15) is 12.5 Å². The van der Waals surface area contributed by atoms with Crippen molar-refractivity contribution in [3.05, 3.63) is 60.4 Å². The smallest absolute Gasteiger partial charge is 0.292 e. The number of rotatable bonds is 4. The molecule has 1 heterocycles. The molecule has 3 rings (SSSR count). The van der Waals surface area contributed by atoms with Gasteiger partial charge in [0.05, 0.1) is 11.6 Å². The standard InChI is InChI=1S/C19H12F2N2OS/c1-12(24)19(20,21)25-18-8-9-23-11-17(18)16-7-6-13(10-22)14-4-2-3-5-15(14)16/h2-9,11H,1H3. The largest absolute Gasteiger partial charge is 0.355 e. The highest BCUT2D eigenvalue weighted by molar-refractivity contribution is 8.01. The number of benzene rings is 2. The lowest BCUT2D eigenvalue weighted by Gasteiger charge is -2.16. The number of alkyl halides is 2. The minimum atomic E-state index is -3.52. The summed E-state index contributed by atoms with van der Waals surface area (Å²) in [6.07, 6.45) is 2.90. The van der Waals surface area contributed by atoms with E-state index in [1.807, 2.05) is 24.3 Å². The number of hydrogen-bond donors (Lipinski definition) is 0. The third kappa shape index (κ3) is 3.24. The number of nitrogens with zero attached hydrogens (tertiary/aromatic N) is 2. The van der Waals surface area contributed by atoms with Crippen molar-refractivity contribution in [3.63, 3.8) is 0 Å². The minimum Gasteiger partial charge on any atom is -0.292 e. The summed E-state index contributed by atoms with van der Waals surface area (Å²) < 4.78 is 27.8. The molecular formula is C19H12F2N2OS. The number of nitriles is 1. The summed E-state index contributed by atoms with van der Waals surface area (Å²) in [6.45, 7) is 0.866. The number of thioether (sulfide) groups is 1. The monoisotopic (exact) mass is 354 g/mol. The van der Waals surface area contributed by atoms with Crippen molar-refractivity contribution in [2.24, 2.45) is 0 Å².